The van der Waals surface area contributed by atoms with Gasteiger partial charge in [0.05, 0.1) is 31.0 Å². The highest BCUT2D eigenvalue weighted by Crippen LogP contribution is 2.17. The van der Waals surface area contributed by atoms with Crippen LogP contribution in [0.2, 0.25) is 0 Å². The summed E-state index contributed by atoms with van der Waals surface area (Å²) in [6.07, 6.45) is 2.07. The van der Waals surface area contributed by atoms with Crippen LogP contribution in [0, 0.1) is 0 Å². The summed E-state index contributed by atoms with van der Waals surface area (Å²) >= 11 is 0. The number of anilines is 1. The minimum atomic E-state index is -4.04. The number of benzene rings is 1. The number of para-hydroxylation sites is 1. The van der Waals surface area contributed by atoms with Crippen molar-refractivity contribution in [1.29, 1.82) is 0 Å². The van der Waals surface area contributed by atoms with Gasteiger partial charge in [0, 0.05) is 12.4 Å². The summed E-state index contributed by atoms with van der Waals surface area (Å²) in [5.41, 5.74) is 0.417. The highest BCUT2D eigenvalue weighted by molar-refractivity contribution is 7.86. The van der Waals surface area contributed by atoms with Crippen molar-refractivity contribution in [2.24, 2.45) is 0 Å². The fourth-order valence-corrected chi connectivity index (χ4v) is 2.22. The molecule has 0 atom stereocenters. The van der Waals surface area contributed by atoms with E-state index in [9.17, 15) is 18.0 Å². The third kappa shape index (κ3) is 3.73. The van der Waals surface area contributed by atoms with E-state index in [-0.39, 0.29) is 16.8 Å². The molecule has 0 radical (unpaired) electrons. The first-order valence-electron chi connectivity index (χ1n) is 6.50. The van der Waals surface area contributed by atoms with Crippen LogP contribution in [0.25, 0.3) is 0 Å². The molecule has 0 bridgehead atoms. The fourth-order valence-electron chi connectivity index (χ4n) is 1.71. The predicted molar refractivity (Wildman–Crippen MR) is 82.0 cm³/mol. The fraction of sp³-hybridized carbons (Fsp3) is 0.143. The largest absolute Gasteiger partial charge is 0.465 e. The van der Waals surface area contributed by atoms with Gasteiger partial charge in [0.2, 0.25) is 0 Å². The first-order valence-corrected chi connectivity index (χ1v) is 7.91. The maximum atomic E-state index is 12.2. The Kier molecular flexibility index (Phi) is 5.21. The average molecular weight is 351 g/mol. The molecule has 0 saturated carbocycles. The maximum absolute atomic E-state index is 12.2. The molecule has 126 valence electrons. The van der Waals surface area contributed by atoms with Crippen LogP contribution < -0.4 is 5.32 Å². The Morgan fingerprint density at radius 1 is 1.08 bits per heavy atom. The molecule has 0 saturated heterocycles. The molecule has 9 nitrogen and oxygen atoms in total. The number of hydrogen-bond donors (Lipinski definition) is 1. The molecule has 0 fully saturated rings. The van der Waals surface area contributed by atoms with E-state index >= 15 is 0 Å². The number of ether oxygens (including phenoxy) is 1. The van der Waals surface area contributed by atoms with Gasteiger partial charge in [-0.15, -0.1) is 0 Å². The van der Waals surface area contributed by atoms with Gasteiger partial charge in [0.25, 0.3) is 11.1 Å². The molecule has 1 aromatic carbocycles. The summed E-state index contributed by atoms with van der Waals surface area (Å²) in [7, 11) is -1.83. The standard InChI is InChI=1S/C14H13N3O6S/c1-22-13(19)10-5-3-4-6-11(10)17-12(18)9-7-15-14(16-8-9)24(20,21)23-2/h3-8H,1-2H3,(H,17,18). The highest BCUT2D eigenvalue weighted by Gasteiger charge is 2.19. The average Bonchev–Trinajstić information content (AvgIpc) is 2.61. The lowest BCUT2D eigenvalue weighted by Gasteiger charge is -2.09. The smallest absolute Gasteiger partial charge is 0.339 e. The molecule has 1 amide bonds. The van der Waals surface area contributed by atoms with Gasteiger partial charge in [-0.2, -0.15) is 8.42 Å². The first-order chi connectivity index (χ1) is 11.4. The van der Waals surface area contributed by atoms with Crippen LogP contribution in [0.4, 0.5) is 5.69 Å². The van der Waals surface area contributed by atoms with E-state index in [2.05, 4.69) is 24.2 Å². The van der Waals surface area contributed by atoms with Gasteiger partial charge >= 0.3 is 16.1 Å². The lowest BCUT2D eigenvalue weighted by molar-refractivity contribution is 0.0602. The Hall–Kier alpha value is -2.85. The van der Waals surface area contributed by atoms with E-state index in [1.165, 1.54) is 19.2 Å². The van der Waals surface area contributed by atoms with E-state index in [0.717, 1.165) is 19.5 Å². The molecule has 0 spiro atoms. The Bertz CT molecular complexity index is 864. The molecular formula is C14H13N3O6S. The second-order valence-corrected chi connectivity index (χ2v) is 5.97. The summed E-state index contributed by atoms with van der Waals surface area (Å²) in [5, 5.41) is 1.95. The van der Waals surface area contributed by atoms with Gasteiger partial charge in [-0.3, -0.25) is 8.98 Å². The molecule has 0 unspecified atom stereocenters. The molecule has 0 aliphatic carbocycles. The zero-order chi connectivity index (χ0) is 17.7. The molecule has 0 aliphatic heterocycles. The van der Waals surface area contributed by atoms with Crippen molar-refractivity contribution < 1.29 is 26.9 Å². The monoisotopic (exact) mass is 351 g/mol. The number of aromatic nitrogens is 2. The third-order valence-electron chi connectivity index (χ3n) is 2.91. The maximum Gasteiger partial charge on any atom is 0.339 e. The van der Waals surface area contributed by atoms with Crippen molar-refractivity contribution in [3.63, 3.8) is 0 Å². The van der Waals surface area contributed by atoms with Crippen LogP contribution in [0.3, 0.4) is 0 Å². The molecule has 24 heavy (non-hydrogen) atoms. The van der Waals surface area contributed by atoms with Crippen molar-refractivity contribution in [3.05, 3.63) is 47.8 Å². The van der Waals surface area contributed by atoms with Crippen LogP contribution in [-0.4, -0.2) is 44.5 Å². The number of methoxy groups -OCH3 is 1. The minimum Gasteiger partial charge on any atom is -0.465 e. The molecule has 10 heteroatoms. The molecule has 1 aromatic heterocycles. The highest BCUT2D eigenvalue weighted by atomic mass is 32.2. The Balaban J connectivity index is 2.24. The number of amides is 1. The van der Waals surface area contributed by atoms with Crippen molar-refractivity contribution >= 4 is 27.7 Å². The number of rotatable bonds is 5. The summed E-state index contributed by atoms with van der Waals surface area (Å²) in [4.78, 5) is 31.0. The zero-order valence-corrected chi connectivity index (χ0v) is 13.5. The number of nitrogens with zero attached hydrogens (tertiary/aromatic N) is 2. The summed E-state index contributed by atoms with van der Waals surface area (Å²) in [6.45, 7) is 0. The van der Waals surface area contributed by atoms with E-state index in [1.54, 1.807) is 12.1 Å². The van der Waals surface area contributed by atoms with Crippen LogP contribution in [-0.2, 0) is 19.0 Å². The van der Waals surface area contributed by atoms with Crippen molar-refractivity contribution in [2.45, 2.75) is 5.16 Å². The summed E-state index contributed by atoms with van der Waals surface area (Å²) in [6, 6.07) is 6.27. The number of nitrogens with one attached hydrogen (secondary N) is 1. The van der Waals surface area contributed by atoms with E-state index < -0.39 is 27.2 Å². The van der Waals surface area contributed by atoms with Gasteiger partial charge in [0.1, 0.15) is 0 Å². The number of esters is 1. The van der Waals surface area contributed by atoms with Gasteiger partial charge in [0.15, 0.2) is 0 Å². The third-order valence-corrected chi connectivity index (χ3v) is 4.01. The van der Waals surface area contributed by atoms with E-state index in [4.69, 9.17) is 0 Å². The van der Waals surface area contributed by atoms with Crippen LogP contribution in [0.1, 0.15) is 20.7 Å². The SMILES string of the molecule is COC(=O)c1ccccc1NC(=O)c1cnc(S(=O)(=O)OC)nc1. The minimum absolute atomic E-state index is 0.00437. The molecule has 2 rings (SSSR count). The van der Waals surface area contributed by atoms with Gasteiger partial charge in [-0.05, 0) is 12.1 Å². The van der Waals surface area contributed by atoms with Crippen LogP contribution in [0.5, 0.6) is 0 Å². The molecular weight excluding hydrogens is 338 g/mol. The number of hydrogen-bond acceptors (Lipinski definition) is 8. The van der Waals surface area contributed by atoms with Crippen molar-refractivity contribution in [1.82, 2.24) is 9.97 Å². The molecule has 1 heterocycles. The Morgan fingerprint density at radius 2 is 1.71 bits per heavy atom. The lowest BCUT2D eigenvalue weighted by Crippen LogP contribution is -2.17. The van der Waals surface area contributed by atoms with Gasteiger partial charge in [-0.25, -0.2) is 14.8 Å². The quantitative estimate of drug-likeness (QED) is 0.477. The first kappa shape index (κ1) is 17.5. The van der Waals surface area contributed by atoms with Crippen LogP contribution in [0.15, 0.2) is 41.8 Å². The lowest BCUT2D eigenvalue weighted by atomic mass is 10.1. The number of carbonyl (C=O) groups excluding carboxylic acids is 2. The zero-order valence-electron chi connectivity index (χ0n) is 12.7. The van der Waals surface area contributed by atoms with Crippen molar-refractivity contribution in [3.8, 4) is 0 Å². The van der Waals surface area contributed by atoms with Crippen LogP contribution >= 0.6 is 0 Å². The predicted octanol–water partition coefficient (Wildman–Crippen LogP) is 0.851. The van der Waals surface area contributed by atoms with E-state index in [1.807, 2.05) is 0 Å². The normalized spacial score (nSPS) is 10.9. The Labute approximate surface area is 137 Å². The van der Waals surface area contributed by atoms with Gasteiger partial charge in [-0.1, -0.05) is 12.1 Å². The summed E-state index contributed by atoms with van der Waals surface area (Å²) < 4.78 is 31.8. The Morgan fingerprint density at radius 3 is 2.29 bits per heavy atom. The number of carbonyl (C=O) groups is 2. The van der Waals surface area contributed by atoms with Crippen molar-refractivity contribution in [2.75, 3.05) is 19.5 Å². The van der Waals surface area contributed by atoms with Gasteiger partial charge < -0.3 is 10.1 Å². The summed E-state index contributed by atoms with van der Waals surface area (Å²) in [5.74, 6) is -1.23. The second-order valence-electron chi connectivity index (χ2n) is 4.37. The van der Waals surface area contributed by atoms with E-state index in [0.29, 0.717) is 0 Å². The molecule has 2 aromatic rings. The second kappa shape index (κ2) is 7.15. The molecule has 1 N–H and O–H groups in total. The molecule has 0 aliphatic rings. The topological polar surface area (TPSA) is 125 Å².